The molecule has 0 radical (unpaired) electrons. The van der Waals surface area contributed by atoms with E-state index in [-0.39, 0.29) is 21.5 Å². The van der Waals surface area contributed by atoms with Crippen LogP contribution in [0.1, 0.15) is 61.1 Å². The van der Waals surface area contributed by atoms with Crippen molar-refractivity contribution in [2.24, 2.45) is 0 Å². The third-order valence-corrected chi connectivity index (χ3v) is 9.74. The predicted molar refractivity (Wildman–Crippen MR) is 134 cm³/mol. The molecule has 0 spiro atoms. The fourth-order valence-electron chi connectivity index (χ4n) is 4.68. The maximum absolute atomic E-state index is 13.5. The highest BCUT2D eigenvalue weighted by Crippen LogP contribution is 2.41. The molecule has 0 saturated heterocycles. The summed E-state index contributed by atoms with van der Waals surface area (Å²) in [5.41, 5.74) is 1.81. The maximum atomic E-state index is 13.5. The van der Waals surface area contributed by atoms with Gasteiger partial charge in [-0.15, -0.1) is 0 Å². The number of fused-ring (bicyclic) bond motifs is 1. The van der Waals surface area contributed by atoms with Crippen molar-refractivity contribution in [2.75, 3.05) is 0 Å². The highest BCUT2D eigenvalue weighted by atomic mass is 127. The summed E-state index contributed by atoms with van der Waals surface area (Å²) in [7, 11) is -8.51. The average Bonchev–Trinajstić information content (AvgIpc) is 3.17. The molecule has 31 heavy (non-hydrogen) atoms. The molecule has 0 bridgehead atoms. The molecule has 10 heteroatoms. The number of halogens is 2. The Hall–Kier alpha value is -0.440. The van der Waals surface area contributed by atoms with E-state index in [0.29, 0.717) is 30.4 Å². The van der Waals surface area contributed by atoms with E-state index in [1.54, 1.807) is 6.07 Å². The smallest absolute Gasteiger partial charge is 0.339 e. The van der Waals surface area contributed by atoms with Crippen molar-refractivity contribution in [1.29, 1.82) is 0 Å². The van der Waals surface area contributed by atoms with Gasteiger partial charge in [0.15, 0.2) is 0 Å². The first-order valence-corrected chi connectivity index (χ1v) is 15.1. The third-order valence-electron chi connectivity index (χ3n) is 6.02. The topological polar surface area (TPSA) is 97.7 Å². The SMILES string of the molecule is O=S(=O)(O)c1ccc(OS(=O)(=O)c2cc(I)cc(I)c2C2CCCCC2)c2c1CCC2. The summed E-state index contributed by atoms with van der Waals surface area (Å²) in [4.78, 5) is 0.0257. The lowest BCUT2D eigenvalue weighted by molar-refractivity contribution is 0.433. The summed E-state index contributed by atoms with van der Waals surface area (Å²) in [6.45, 7) is 0. The number of hydrogen-bond acceptors (Lipinski definition) is 5. The Labute approximate surface area is 210 Å². The molecule has 0 heterocycles. The van der Waals surface area contributed by atoms with Crippen LogP contribution in [0.2, 0.25) is 0 Å². The minimum atomic E-state index is -4.38. The minimum Gasteiger partial charge on any atom is -0.379 e. The molecule has 2 aliphatic carbocycles. The van der Waals surface area contributed by atoms with E-state index >= 15 is 0 Å². The summed E-state index contributed by atoms with van der Waals surface area (Å²) in [5.74, 6) is 0.321. The molecule has 0 unspecified atom stereocenters. The zero-order valence-corrected chi connectivity index (χ0v) is 22.6. The van der Waals surface area contributed by atoms with Crippen LogP contribution in [0.4, 0.5) is 0 Å². The van der Waals surface area contributed by atoms with Crippen LogP contribution in [0.5, 0.6) is 5.75 Å². The Balaban J connectivity index is 1.78. The fourth-order valence-corrected chi connectivity index (χ4v) is 9.43. The molecule has 0 atom stereocenters. The molecule has 2 aliphatic rings. The lowest BCUT2D eigenvalue weighted by Crippen LogP contribution is -2.18. The average molecular weight is 688 g/mol. The van der Waals surface area contributed by atoms with Crippen molar-refractivity contribution in [3.8, 4) is 5.75 Å². The summed E-state index contributed by atoms with van der Waals surface area (Å²) >= 11 is 4.32. The van der Waals surface area contributed by atoms with Gasteiger partial charge in [-0.05, 0) is 119 Å². The first-order chi connectivity index (χ1) is 14.6. The molecule has 4 rings (SSSR count). The number of hydrogen-bond donors (Lipinski definition) is 1. The standard InChI is InChI=1S/C21H22I2O6S2/c22-14-11-17(23)21(13-5-2-1-3-6-13)20(12-14)31(27,28)29-18-9-10-19(30(24,25)26)16-8-4-7-15(16)18/h9-13H,1-8H2,(H,24,25,26). The minimum absolute atomic E-state index is 0.142. The van der Waals surface area contributed by atoms with Gasteiger partial charge in [0, 0.05) is 12.7 Å². The molecule has 0 amide bonds. The molecule has 0 aliphatic heterocycles. The lowest BCUT2D eigenvalue weighted by atomic mass is 9.84. The van der Waals surface area contributed by atoms with Crippen LogP contribution in [-0.2, 0) is 33.1 Å². The van der Waals surface area contributed by atoms with Crippen LogP contribution in [-0.4, -0.2) is 21.4 Å². The van der Waals surface area contributed by atoms with Crippen LogP contribution in [0.25, 0.3) is 0 Å². The molecule has 1 saturated carbocycles. The van der Waals surface area contributed by atoms with Crippen LogP contribution < -0.4 is 4.18 Å². The van der Waals surface area contributed by atoms with Gasteiger partial charge in [-0.25, -0.2) is 0 Å². The van der Waals surface area contributed by atoms with Crippen LogP contribution in [0, 0.1) is 7.14 Å². The second kappa shape index (κ2) is 9.07. The lowest BCUT2D eigenvalue weighted by Gasteiger charge is -2.25. The van der Waals surface area contributed by atoms with Gasteiger partial charge < -0.3 is 4.18 Å². The van der Waals surface area contributed by atoms with Crippen molar-refractivity contribution in [1.82, 2.24) is 0 Å². The zero-order valence-electron chi connectivity index (χ0n) is 16.6. The van der Waals surface area contributed by atoms with Gasteiger partial charge in [0.05, 0.1) is 4.90 Å². The van der Waals surface area contributed by atoms with Crippen LogP contribution in [0.3, 0.4) is 0 Å². The van der Waals surface area contributed by atoms with Gasteiger partial charge in [-0.2, -0.15) is 16.8 Å². The van der Waals surface area contributed by atoms with Gasteiger partial charge in [0.25, 0.3) is 10.1 Å². The Morgan fingerprint density at radius 2 is 1.55 bits per heavy atom. The van der Waals surface area contributed by atoms with Crippen molar-refractivity contribution < 1.29 is 25.6 Å². The highest BCUT2D eigenvalue weighted by Gasteiger charge is 2.32. The quantitative estimate of drug-likeness (QED) is 0.255. The van der Waals surface area contributed by atoms with Crippen molar-refractivity contribution in [3.63, 3.8) is 0 Å². The Morgan fingerprint density at radius 3 is 2.23 bits per heavy atom. The number of rotatable bonds is 5. The van der Waals surface area contributed by atoms with Crippen molar-refractivity contribution in [3.05, 3.63) is 48.1 Å². The zero-order chi connectivity index (χ0) is 22.4. The monoisotopic (exact) mass is 688 g/mol. The van der Waals surface area contributed by atoms with Crippen LogP contribution in [0.15, 0.2) is 34.1 Å². The Bertz CT molecular complexity index is 1230. The Kier molecular flexibility index (Phi) is 6.94. The summed E-state index contributed by atoms with van der Waals surface area (Å²) in [6.07, 6.45) is 6.87. The van der Waals surface area contributed by atoms with E-state index in [4.69, 9.17) is 4.18 Å². The van der Waals surface area contributed by atoms with Crippen molar-refractivity contribution in [2.45, 2.75) is 67.1 Å². The third kappa shape index (κ3) is 4.92. The number of benzene rings is 2. The second-order valence-corrected chi connectivity index (χ2v) is 13.3. The van der Waals surface area contributed by atoms with Gasteiger partial charge in [0.1, 0.15) is 10.6 Å². The first-order valence-electron chi connectivity index (χ1n) is 10.1. The van der Waals surface area contributed by atoms with Crippen molar-refractivity contribution >= 4 is 65.4 Å². The molecule has 6 nitrogen and oxygen atoms in total. The normalized spacial score (nSPS) is 17.5. The van der Waals surface area contributed by atoms with E-state index in [1.807, 2.05) is 6.07 Å². The van der Waals surface area contributed by atoms with E-state index in [1.165, 1.54) is 18.6 Å². The molecule has 2 aromatic rings. The largest absolute Gasteiger partial charge is 0.379 e. The van der Waals surface area contributed by atoms with Gasteiger partial charge in [0.2, 0.25) is 0 Å². The Morgan fingerprint density at radius 1 is 0.871 bits per heavy atom. The summed E-state index contributed by atoms with van der Waals surface area (Å²) in [6, 6.07) is 6.21. The van der Waals surface area contributed by atoms with E-state index in [2.05, 4.69) is 45.2 Å². The van der Waals surface area contributed by atoms with Gasteiger partial charge in [-0.1, -0.05) is 19.3 Å². The maximum Gasteiger partial charge on any atom is 0.339 e. The van der Waals surface area contributed by atoms with E-state index < -0.39 is 20.2 Å². The molecular weight excluding hydrogens is 666 g/mol. The predicted octanol–water partition coefficient (Wildman–Crippen LogP) is 5.45. The molecule has 2 aromatic carbocycles. The fraction of sp³-hybridized carbons (Fsp3) is 0.429. The van der Waals surface area contributed by atoms with Gasteiger partial charge in [-0.3, -0.25) is 4.55 Å². The summed E-state index contributed by atoms with van der Waals surface area (Å²) in [5, 5.41) is 0. The van der Waals surface area contributed by atoms with E-state index in [9.17, 15) is 21.4 Å². The molecule has 168 valence electrons. The molecule has 0 aromatic heterocycles. The van der Waals surface area contributed by atoms with E-state index in [0.717, 1.165) is 38.4 Å². The van der Waals surface area contributed by atoms with Gasteiger partial charge >= 0.3 is 10.1 Å². The molecular formula is C21H22I2O6S2. The molecule has 1 fully saturated rings. The molecule has 1 N–H and O–H groups in total. The summed E-state index contributed by atoms with van der Waals surface area (Å²) < 4.78 is 67.2. The second-order valence-electron chi connectivity index (χ2n) is 8.02. The highest BCUT2D eigenvalue weighted by molar-refractivity contribution is 14.1. The van der Waals surface area contributed by atoms with Crippen LogP contribution >= 0.6 is 45.2 Å². The first kappa shape index (κ1) is 23.7.